The number of aromatic nitrogens is 2. The van der Waals surface area contributed by atoms with Crippen molar-refractivity contribution in [3.63, 3.8) is 0 Å². The van der Waals surface area contributed by atoms with Crippen molar-refractivity contribution in [3.8, 4) is 11.1 Å². The lowest BCUT2D eigenvalue weighted by Gasteiger charge is -2.02. The van der Waals surface area contributed by atoms with Gasteiger partial charge in [0.25, 0.3) is 0 Å². The SMILES string of the molecule is CCn1cc(-c2ccc(C(=O)O)cc2F)c(C)n1. The van der Waals surface area contributed by atoms with Crippen molar-refractivity contribution in [2.75, 3.05) is 0 Å². The van der Waals surface area contributed by atoms with Crippen LogP contribution >= 0.6 is 0 Å². The summed E-state index contributed by atoms with van der Waals surface area (Å²) in [6, 6.07) is 3.90. The average molecular weight is 248 g/mol. The van der Waals surface area contributed by atoms with Crippen LogP contribution < -0.4 is 0 Å². The molecule has 0 bridgehead atoms. The number of hydrogen-bond acceptors (Lipinski definition) is 2. The van der Waals surface area contributed by atoms with Crippen LogP contribution in [0.1, 0.15) is 23.0 Å². The molecule has 2 aromatic rings. The highest BCUT2D eigenvalue weighted by Crippen LogP contribution is 2.26. The van der Waals surface area contributed by atoms with Crippen molar-refractivity contribution in [1.29, 1.82) is 0 Å². The van der Waals surface area contributed by atoms with Crippen LogP contribution in [0.15, 0.2) is 24.4 Å². The molecule has 0 fully saturated rings. The van der Waals surface area contributed by atoms with Gasteiger partial charge in [-0.2, -0.15) is 5.10 Å². The summed E-state index contributed by atoms with van der Waals surface area (Å²) >= 11 is 0. The van der Waals surface area contributed by atoms with E-state index in [0.29, 0.717) is 17.7 Å². The van der Waals surface area contributed by atoms with E-state index >= 15 is 0 Å². The quantitative estimate of drug-likeness (QED) is 0.908. The monoisotopic (exact) mass is 248 g/mol. The van der Waals surface area contributed by atoms with E-state index in [2.05, 4.69) is 5.10 Å². The minimum Gasteiger partial charge on any atom is -0.478 e. The standard InChI is InChI=1S/C13H13FN2O2/c1-3-16-7-11(8(2)15-16)10-5-4-9(13(17)18)6-12(10)14/h4-7H,3H2,1-2H3,(H,17,18). The lowest BCUT2D eigenvalue weighted by Crippen LogP contribution is -1.97. The van der Waals surface area contributed by atoms with E-state index in [0.717, 1.165) is 11.8 Å². The first-order valence-electron chi connectivity index (χ1n) is 5.60. The number of carboxylic acids is 1. The highest BCUT2D eigenvalue weighted by Gasteiger charge is 2.13. The third-order valence-corrected chi connectivity index (χ3v) is 2.78. The molecular weight excluding hydrogens is 235 g/mol. The molecule has 0 atom stereocenters. The lowest BCUT2D eigenvalue weighted by molar-refractivity contribution is 0.0696. The van der Waals surface area contributed by atoms with E-state index < -0.39 is 11.8 Å². The van der Waals surface area contributed by atoms with Gasteiger partial charge >= 0.3 is 5.97 Å². The Morgan fingerprint density at radius 2 is 2.17 bits per heavy atom. The maximum absolute atomic E-state index is 13.9. The van der Waals surface area contributed by atoms with E-state index in [1.165, 1.54) is 12.1 Å². The van der Waals surface area contributed by atoms with E-state index in [4.69, 9.17) is 5.11 Å². The van der Waals surface area contributed by atoms with Gasteiger partial charge in [-0.15, -0.1) is 0 Å². The zero-order chi connectivity index (χ0) is 13.3. The zero-order valence-electron chi connectivity index (χ0n) is 10.1. The predicted molar refractivity (Wildman–Crippen MR) is 65.0 cm³/mol. The summed E-state index contributed by atoms with van der Waals surface area (Å²) in [6.45, 7) is 4.45. The van der Waals surface area contributed by atoms with Crippen molar-refractivity contribution in [2.24, 2.45) is 0 Å². The molecule has 4 nitrogen and oxygen atoms in total. The van der Waals surface area contributed by atoms with Crippen LogP contribution in [-0.2, 0) is 6.54 Å². The van der Waals surface area contributed by atoms with Crippen molar-refractivity contribution in [3.05, 3.63) is 41.5 Å². The van der Waals surface area contributed by atoms with Gasteiger partial charge < -0.3 is 5.11 Å². The third-order valence-electron chi connectivity index (χ3n) is 2.78. The number of halogens is 1. The number of aromatic carboxylic acids is 1. The molecule has 1 aromatic heterocycles. The molecule has 0 amide bonds. The number of carbonyl (C=O) groups is 1. The smallest absolute Gasteiger partial charge is 0.335 e. The number of carboxylic acid groups (broad SMARTS) is 1. The Bertz CT molecular complexity index is 605. The molecule has 0 aliphatic carbocycles. The predicted octanol–water partition coefficient (Wildman–Crippen LogP) is 2.72. The highest BCUT2D eigenvalue weighted by molar-refractivity contribution is 5.88. The summed E-state index contributed by atoms with van der Waals surface area (Å²) in [5.74, 6) is -1.69. The first-order chi connectivity index (χ1) is 8.52. The second-order valence-corrected chi connectivity index (χ2v) is 3.98. The van der Waals surface area contributed by atoms with Crippen LogP contribution in [0, 0.1) is 12.7 Å². The molecule has 0 saturated carbocycles. The maximum atomic E-state index is 13.9. The van der Waals surface area contributed by atoms with Gasteiger partial charge in [0.2, 0.25) is 0 Å². The Labute approximate surface area is 104 Å². The van der Waals surface area contributed by atoms with Crippen molar-refractivity contribution in [2.45, 2.75) is 20.4 Å². The molecular formula is C13H13FN2O2. The fourth-order valence-electron chi connectivity index (χ4n) is 1.81. The van der Waals surface area contributed by atoms with Gasteiger partial charge in [0.1, 0.15) is 5.82 Å². The van der Waals surface area contributed by atoms with Gasteiger partial charge in [0.05, 0.1) is 11.3 Å². The van der Waals surface area contributed by atoms with Gasteiger partial charge in [0.15, 0.2) is 0 Å². The number of hydrogen-bond donors (Lipinski definition) is 1. The number of benzene rings is 1. The van der Waals surface area contributed by atoms with Crippen LogP contribution in [0.4, 0.5) is 4.39 Å². The normalized spacial score (nSPS) is 10.6. The first-order valence-corrected chi connectivity index (χ1v) is 5.60. The van der Waals surface area contributed by atoms with E-state index in [1.807, 2.05) is 6.92 Å². The second-order valence-electron chi connectivity index (χ2n) is 3.98. The van der Waals surface area contributed by atoms with Gasteiger partial charge in [-0.05, 0) is 26.0 Å². The number of nitrogens with zero attached hydrogens (tertiary/aromatic N) is 2. The van der Waals surface area contributed by atoms with E-state index in [9.17, 15) is 9.18 Å². The second kappa shape index (κ2) is 4.60. The maximum Gasteiger partial charge on any atom is 0.335 e. The molecule has 18 heavy (non-hydrogen) atoms. The Morgan fingerprint density at radius 1 is 1.44 bits per heavy atom. The van der Waals surface area contributed by atoms with E-state index in [-0.39, 0.29) is 5.56 Å². The molecule has 0 aliphatic rings. The molecule has 0 unspecified atom stereocenters. The Morgan fingerprint density at radius 3 is 2.67 bits per heavy atom. The van der Waals surface area contributed by atoms with Crippen LogP contribution in [0.3, 0.4) is 0 Å². The van der Waals surface area contributed by atoms with Crippen molar-refractivity contribution < 1.29 is 14.3 Å². The summed E-state index contributed by atoms with van der Waals surface area (Å²) < 4.78 is 15.6. The van der Waals surface area contributed by atoms with Crippen LogP contribution in [0.2, 0.25) is 0 Å². The molecule has 1 N–H and O–H groups in total. The molecule has 5 heteroatoms. The minimum atomic E-state index is -1.14. The molecule has 1 aromatic carbocycles. The Balaban J connectivity index is 2.50. The van der Waals surface area contributed by atoms with Crippen LogP contribution in [-0.4, -0.2) is 20.9 Å². The fraction of sp³-hybridized carbons (Fsp3) is 0.231. The van der Waals surface area contributed by atoms with Gasteiger partial charge in [-0.3, -0.25) is 4.68 Å². The summed E-state index contributed by atoms with van der Waals surface area (Å²) in [7, 11) is 0. The summed E-state index contributed by atoms with van der Waals surface area (Å²) in [5, 5.41) is 13.0. The van der Waals surface area contributed by atoms with E-state index in [1.54, 1.807) is 17.8 Å². The van der Waals surface area contributed by atoms with Crippen LogP contribution in [0.25, 0.3) is 11.1 Å². The molecule has 0 radical (unpaired) electrons. The molecule has 0 saturated heterocycles. The third kappa shape index (κ3) is 2.11. The van der Waals surface area contributed by atoms with Gasteiger partial charge in [0, 0.05) is 23.9 Å². The van der Waals surface area contributed by atoms with Gasteiger partial charge in [-0.1, -0.05) is 6.07 Å². The molecule has 94 valence electrons. The van der Waals surface area contributed by atoms with Crippen molar-refractivity contribution >= 4 is 5.97 Å². The molecule has 0 aliphatic heterocycles. The Hall–Kier alpha value is -2.17. The fourth-order valence-corrected chi connectivity index (χ4v) is 1.81. The molecule has 0 spiro atoms. The summed E-state index contributed by atoms with van der Waals surface area (Å²) in [5.41, 5.74) is 1.72. The van der Waals surface area contributed by atoms with Gasteiger partial charge in [-0.25, -0.2) is 9.18 Å². The zero-order valence-corrected chi connectivity index (χ0v) is 10.1. The van der Waals surface area contributed by atoms with Crippen molar-refractivity contribution in [1.82, 2.24) is 9.78 Å². The summed E-state index contributed by atoms with van der Waals surface area (Å²) in [6.07, 6.45) is 1.76. The Kier molecular flexibility index (Phi) is 3.14. The highest BCUT2D eigenvalue weighted by atomic mass is 19.1. The minimum absolute atomic E-state index is 0.0585. The molecule has 1 heterocycles. The topological polar surface area (TPSA) is 55.1 Å². The summed E-state index contributed by atoms with van der Waals surface area (Å²) in [4.78, 5) is 10.7. The number of rotatable bonds is 3. The van der Waals surface area contributed by atoms with Crippen LogP contribution in [0.5, 0.6) is 0 Å². The number of aryl methyl sites for hydroxylation is 2. The molecule has 2 rings (SSSR count). The average Bonchev–Trinajstić information content (AvgIpc) is 2.70. The largest absolute Gasteiger partial charge is 0.478 e. The first kappa shape index (κ1) is 12.3. The lowest BCUT2D eigenvalue weighted by atomic mass is 10.0.